The number of hydrogen-bond acceptors (Lipinski definition) is 2. The third-order valence-electron chi connectivity index (χ3n) is 8.96. The molecule has 0 aliphatic rings. The quantitative estimate of drug-likeness (QED) is 0.210. The van der Waals surface area contributed by atoms with Crippen molar-refractivity contribution >= 4 is 43.6 Å². The van der Waals surface area contributed by atoms with Crippen LogP contribution in [-0.4, -0.2) is 9.13 Å². The number of nitrogens with zero attached hydrogens (tertiary/aromatic N) is 4. The number of benzene rings is 6. The van der Waals surface area contributed by atoms with E-state index in [1.807, 2.05) is 31.2 Å². The van der Waals surface area contributed by atoms with Crippen LogP contribution in [0.2, 0.25) is 0 Å². The van der Waals surface area contributed by atoms with Crippen molar-refractivity contribution in [1.82, 2.24) is 9.13 Å². The Morgan fingerprint density at radius 3 is 1.49 bits per heavy atom. The average Bonchev–Trinajstić information content (AvgIpc) is 3.56. The summed E-state index contributed by atoms with van der Waals surface area (Å²) >= 11 is 0. The Balaban J connectivity index is 1.56. The topological polar surface area (TPSA) is 57.4 Å². The van der Waals surface area contributed by atoms with E-state index in [0.29, 0.717) is 11.1 Å². The zero-order valence-corrected chi connectivity index (χ0v) is 25.3. The molecular formula is C41H28N4. The SMILES string of the molecule is Cc1ccc(-c2cc(-n3c4ccccc4c4cc(C)ccc43)c(C#N)cc2-n2c3ccccc3c3cc(C)ccc32)c(C#N)c1. The van der Waals surface area contributed by atoms with Crippen LogP contribution in [-0.2, 0) is 0 Å². The van der Waals surface area contributed by atoms with Gasteiger partial charge < -0.3 is 9.13 Å². The van der Waals surface area contributed by atoms with Crippen molar-refractivity contribution in [1.29, 1.82) is 10.5 Å². The lowest BCUT2D eigenvalue weighted by Gasteiger charge is -2.19. The predicted octanol–water partition coefficient (Wildman–Crippen LogP) is 10.2. The smallest absolute Gasteiger partial charge is 0.101 e. The molecule has 0 aliphatic heterocycles. The van der Waals surface area contributed by atoms with E-state index in [0.717, 1.165) is 71.7 Å². The number of hydrogen-bond donors (Lipinski definition) is 0. The molecule has 4 nitrogen and oxygen atoms in total. The summed E-state index contributed by atoms with van der Waals surface area (Å²) in [5.41, 5.74) is 12.1. The summed E-state index contributed by atoms with van der Waals surface area (Å²) in [7, 11) is 0. The fraction of sp³-hybridized carbons (Fsp3) is 0.0732. The number of fused-ring (bicyclic) bond motifs is 6. The molecule has 6 aromatic carbocycles. The monoisotopic (exact) mass is 576 g/mol. The second-order valence-electron chi connectivity index (χ2n) is 11.9. The normalized spacial score (nSPS) is 11.4. The van der Waals surface area contributed by atoms with Crippen molar-refractivity contribution in [2.24, 2.45) is 0 Å². The standard InChI is InChI=1S/C41H28N4/c1-25-12-15-30(28(18-25)23-42)35-22-40(44-36-10-6-4-8-31(36)33-19-26(2)13-16-38(33)44)29(24-43)21-41(35)45-37-11-7-5-9-32(37)34-20-27(3)14-17-39(34)45/h4-22H,1-3H3. The third-order valence-corrected chi connectivity index (χ3v) is 8.96. The first-order valence-corrected chi connectivity index (χ1v) is 15.1. The summed E-state index contributed by atoms with van der Waals surface area (Å²) in [5.74, 6) is 0. The number of aromatic nitrogens is 2. The summed E-state index contributed by atoms with van der Waals surface area (Å²) < 4.78 is 4.45. The van der Waals surface area contributed by atoms with E-state index in [1.54, 1.807) is 0 Å². The van der Waals surface area contributed by atoms with E-state index in [4.69, 9.17) is 0 Å². The molecule has 0 radical (unpaired) electrons. The first-order valence-electron chi connectivity index (χ1n) is 15.1. The fourth-order valence-electron chi connectivity index (χ4n) is 6.93. The zero-order chi connectivity index (χ0) is 30.8. The van der Waals surface area contributed by atoms with Gasteiger partial charge in [0, 0.05) is 32.7 Å². The predicted molar refractivity (Wildman–Crippen MR) is 184 cm³/mol. The van der Waals surface area contributed by atoms with Gasteiger partial charge in [0.2, 0.25) is 0 Å². The van der Waals surface area contributed by atoms with Crippen molar-refractivity contribution < 1.29 is 0 Å². The summed E-state index contributed by atoms with van der Waals surface area (Å²) in [6.45, 7) is 6.22. The minimum atomic E-state index is 0.556. The molecule has 4 heteroatoms. The van der Waals surface area contributed by atoms with E-state index in [9.17, 15) is 10.5 Å². The van der Waals surface area contributed by atoms with Crippen LogP contribution in [0.25, 0.3) is 66.1 Å². The molecule has 8 aromatic rings. The Hall–Kier alpha value is -6.10. The highest BCUT2D eigenvalue weighted by molar-refractivity contribution is 6.11. The third kappa shape index (κ3) is 3.97. The fourth-order valence-corrected chi connectivity index (χ4v) is 6.93. The molecule has 0 fully saturated rings. The van der Waals surface area contributed by atoms with Crippen molar-refractivity contribution in [3.63, 3.8) is 0 Å². The Labute approximate surface area is 261 Å². The van der Waals surface area contributed by atoms with Crippen LogP contribution in [0.3, 0.4) is 0 Å². The summed E-state index contributed by atoms with van der Waals surface area (Å²) in [5, 5.41) is 25.7. The van der Waals surface area contributed by atoms with Crippen molar-refractivity contribution in [3.8, 4) is 34.6 Å². The molecule has 0 saturated heterocycles. The molecule has 0 unspecified atom stereocenters. The molecule has 0 spiro atoms. The number of para-hydroxylation sites is 2. The second-order valence-corrected chi connectivity index (χ2v) is 11.9. The molecule has 2 heterocycles. The molecule has 45 heavy (non-hydrogen) atoms. The maximum atomic E-state index is 10.8. The molecular weight excluding hydrogens is 548 g/mol. The van der Waals surface area contributed by atoms with E-state index in [1.165, 1.54) is 11.1 Å². The van der Waals surface area contributed by atoms with E-state index >= 15 is 0 Å². The molecule has 0 N–H and O–H groups in total. The van der Waals surface area contributed by atoms with Crippen molar-refractivity contribution in [2.45, 2.75) is 20.8 Å². The average molecular weight is 577 g/mol. The van der Waals surface area contributed by atoms with Crippen LogP contribution >= 0.6 is 0 Å². The van der Waals surface area contributed by atoms with E-state index in [2.05, 4.69) is 126 Å². The minimum absolute atomic E-state index is 0.556. The Morgan fingerprint density at radius 2 is 0.911 bits per heavy atom. The van der Waals surface area contributed by atoms with Crippen LogP contribution in [0, 0.1) is 43.4 Å². The largest absolute Gasteiger partial charge is 0.309 e. The van der Waals surface area contributed by atoms with Crippen LogP contribution in [0.1, 0.15) is 27.8 Å². The molecule has 0 bridgehead atoms. The molecule has 0 aliphatic carbocycles. The maximum Gasteiger partial charge on any atom is 0.101 e. The molecule has 212 valence electrons. The number of aryl methyl sites for hydroxylation is 3. The van der Waals surface area contributed by atoms with Gasteiger partial charge in [-0.2, -0.15) is 10.5 Å². The maximum absolute atomic E-state index is 10.8. The van der Waals surface area contributed by atoms with Gasteiger partial charge in [-0.1, -0.05) is 71.8 Å². The minimum Gasteiger partial charge on any atom is -0.309 e. The van der Waals surface area contributed by atoms with E-state index in [-0.39, 0.29) is 0 Å². The highest BCUT2D eigenvalue weighted by Crippen LogP contribution is 2.41. The van der Waals surface area contributed by atoms with Crippen LogP contribution < -0.4 is 0 Å². The molecule has 2 aromatic heterocycles. The van der Waals surface area contributed by atoms with E-state index < -0.39 is 0 Å². The van der Waals surface area contributed by atoms with Crippen LogP contribution in [0.5, 0.6) is 0 Å². The van der Waals surface area contributed by atoms with Gasteiger partial charge in [-0.3, -0.25) is 0 Å². The Bertz CT molecular complexity index is 2600. The van der Waals surface area contributed by atoms with Crippen molar-refractivity contribution in [3.05, 3.63) is 143 Å². The molecule has 8 rings (SSSR count). The summed E-state index contributed by atoms with van der Waals surface area (Å²) in [4.78, 5) is 0. The summed E-state index contributed by atoms with van der Waals surface area (Å²) in [6.07, 6.45) is 0. The van der Waals surface area contributed by atoms with Crippen LogP contribution in [0.4, 0.5) is 0 Å². The molecule has 0 saturated carbocycles. The van der Waals surface area contributed by atoms with Gasteiger partial charge in [0.05, 0.1) is 50.6 Å². The summed E-state index contributed by atoms with van der Waals surface area (Å²) in [6, 6.07) is 44.9. The van der Waals surface area contributed by atoms with Crippen molar-refractivity contribution in [2.75, 3.05) is 0 Å². The highest BCUT2D eigenvalue weighted by atomic mass is 15.0. The van der Waals surface area contributed by atoms with Gasteiger partial charge in [-0.25, -0.2) is 0 Å². The van der Waals surface area contributed by atoms with Gasteiger partial charge in [-0.15, -0.1) is 0 Å². The first-order chi connectivity index (χ1) is 22.0. The van der Waals surface area contributed by atoms with Gasteiger partial charge in [-0.05, 0) is 80.9 Å². The molecule has 0 atom stereocenters. The number of nitriles is 2. The highest BCUT2D eigenvalue weighted by Gasteiger charge is 2.22. The number of rotatable bonds is 3. The zero-order valence-electron chi connectivity index (χ0n) is 25.3. The lowest BCUT2D eigenvalue weighted by Crippen LogP contribution is -2.04. The lowest BCUT2D eigenvalue weighted by atomic mass is 9.94. The van der Waals surface area contributed by atoms with Gasteiger partial charge in [0.15, 0.2) is 0 Å². The van der Waals surface area contributed by atoms with Gasteiger partial charge in [0.25, 0.3) is 0 Å². The second kappa shape index (κ2) is 9.98. The Kier molecular flexibility index (Phi) is 5.88. The van der Waals surface area contributed by atoms with Gasteiger partial charge >= 0.3 is 0 Å². The first kappa shape index (κ1) is 26.5. The van der Waals surface area contributed by atoms with Crippen LogP contribution in [0.15, 0.2) is 115 Å². The van der Waals surface area contributed by atoms with Gasteiger partial charge in [0.1, 0.15) is 6.07 Å². The Morgan fingerprint density at radius 1 is 0.422 bits per heavy atom. The molecule has 0 amide bonds. The lowest BCUT2D eigenvalue weighted by molar-refractivity contribution is 1.13.